The first-order chi connectivity index (χ1) is 13.0. The van der Waals surface area contributed by atoms with Crippen LogP contribution in [0.1, 0.15) is 28.8 Å². The molecule has 1 saturated heterocycles. The summed E-state index contributed by atoms with van der Waals surface area (Å²) in [5.41, 5.74) is 1.22. The maximum atomic E-state index is 12.3. The second-order valence-electron chi connectivity index (χ2n) is 6.55. The third-order valence-corrected chi connectivity index (χ3v) is 4.44. The first kappa shape index (κ1) is 18.9. The Balaban J connectivity index is 1.54. The van der Waals surface area contributed by atoms with Crippen LogP contribution in [0.15, 0.2) is 36.7 Å². The molecule has 2 heterocycles. The van der Waals surface area contributed by atoms with Crippen molar-refractivity contribution in [3.05, 3.63) is 47.8 Å². The molecule has 1 aromatic carbocycles. The summed E-state index contributed by atoms with van der Waals surface area (Å²) in [6, 6.07) is 6.05. The summed E-state index contributed by atoms with van der Waals surface area (Å²) in [5, 5.41) is 16.1. The fourth-order valence-electron chi connectivity index (χ4n) is 2.98. The molecule has 8 nitrogen and oxygen atoms in total. The molecule has 1 aliphatic rings. The normalized spacial score (nSPS) is 19.4. The molecule has 0 spiro atoms. The molecule has 0 radical (unpaired) electrons. The molecule has 1 fully saturated rings. The summed E-state index contributed by atoms with van der Waals surface area (Å²) in [7, 11) is 1.84. The predicted molar refractivity (Wildman–Crippen MR) is 96.7 cm³/mol. The Morgan fingerprint density at radius 3 is 2.81 bits per heavy atom. The molecule has 2 N–H and O–H groups in total. The smallest absolute Gasteiger partial charge is 0.335 e. The number of carboxylic acids is 1. The minimum atomic E-state index is -0.985. The zero-order chi connectivity index (χ0) is 19.2. The fraction of sp³-hybridized carbons (Fsp3) is 0.421. The van der Waals surface area contributed by atoms with E-state index in [-0.39, 0.29) is 23.6 Å². The minimum absolute atomic E-state index is 0.0411. The highest BCUT2D eigenvalue weighted by Gasteiger charge is 2.29. The van der Waals surface area contributed by atoms with E-state index in [4.69, 9.17) is 14.6 Å². The maximum absolute atomic E-state index is 12.3. The van der Waals surface area contributed by atoms with Crippen LogP contribution in [-0.4, -0.2) is 52.1 Å². The number of ether oxygens (including phenoxy) is 2. The molecule has 0 saturated carbocycles. The molecule has 8 heteroatoms. The molecule has 1 aromatic heterocycles. The summed E-state index contributed by atoms with van der Waals surface area (Å²) in [4.78, 5) is 23.2. The number of rotatable bonds is 7. The molecule has 1 aliphatic heterocycles. The number of aryl methyl sites for hydroxylation is 2. The highest BCUT2D eigenvalue weighted by Crippen LogP contribution is 2.19. The summed E-state index contributed by atoms with van der Waals surface area (Å²) < 4.78 is 13.1. The first-order valence-corrected chi connectivity index (χ1v) is 8.86. The Morgan fingerprint density at radius 1 is 1.37 bits per heavy atom. The second kappa shape index (κ2) is 8.68. The van der Waals surface area contributed by atoms with E-state index in [1.807, 2.05) is 13.2 Å². The Hall–Kier alpha value is -2.87. The van der Waals surface area contributed by atoms with E-state index >= 15 is 0 Å². The molecule has 1 amide bonds. The highest BCUT2D eigenvalue weighted by atomic mass is 16.5. The maximum Gasteiger partial charge on any atom is 0.335 e. The lowest BCUT2D eigenvalue weighted by molar-refractivity contribution is -0.123. The third-order valence-electron chi connectivity index (χ3n) is 4.44. The Bertz CT molecular complexity index is 787. The number of aromatic nitrogens is 2. The standard InChI is InChI=1S/C19H23N3O5/c1-22-11-13(10-20-22)2-7-18(23)21-16-8-9-26-12-17(16)27-15-5-3-14(4-6-15)19(24)25/h3-6,10-11,16-17H,2,7-9,12H2,1H3,(H,21,23)(H,24,25)/t16-,17-/m1/s1. The van der Waals surface area contributed by atoms with Gasteiger partial charge in [-0.2, -0.15) is 5.10 Å². The monoisotopic (exact) mass is 373 g/mol. The van der Waals surface area contributed by atoms with Crippen molar-refractivity contribution in [3.8, 4) is 5.75 Å². The van der Waals surface area contributed by atoms with Gasteiger partial charge in [0.15, 0.2) is 0 Å². The number of aromatic carboxylic acids is 1. The van der Waals surface area contributed by atoms with Gasteiger partial charge in [-0.25, -0.2) is 4.79 Å². The average molecular weight is 373 g/mol. The van der Waals surface area contributed by atoms with E-state index in [0.717, 1.165) is 5.56 Å². The van der Waals surface area contributed by atoms with Crippen molar-refractivity contribution in [2.24, 2.45) is 7.05 Å². The van der Waals surface area contributed by atoms with Gasteiger partial charge in [-0.3, -0.25) is 9.48 Å². The number of carbonyl (C=O) groups excluding carboxylic acids is 1. The number of nitrogens with zero attached hydrogens (tertiary/aromatic N) is 2. The van der Waals surface area contributed by atoms with E-state index in [2.05, 4.69) is 10.4 Å². The number of amides is 1. The van der Waals surface area contributed by atoms with Gasteiger partial charge in [0, 0.05) is 26.3 Å². The van der Waals surface area contributed by atoms with Crippen LogP contribution >= 0.6 is 0 Å². The van der Waals surface area contributed by atoms with Crippen LogP contribution < -0.4 is 10.1 Å². The van der Waals surface area contributed by atoms with Gasteiger partial charge in [0.05, 0.1) is 24.4 Å². The van der Waals surface area contributed by atoms with Crippen LogP contribution in [0.4, 0.5) is 0 Å². The van der Waals surface area contributed by atoms with Crippen molar-refractivity contribution in [1.82, 2.24) is 15.1 Å². The van der Waals surface area contributed by atoms with Gasteiger partial charge >= 0.3 is 5.97 Å². The lowest BCUT2D eigenvalue weighted by Crippen LogP contribution is -2.51. The van der Waals surface area contributed by atoms with Gasteiger partial charge in [-0.1, -0.05) is 0 Å². The number of carbonyl (C=O) groups is 2. The molecule has 144 valence electrons. The number of nitrogens with one attached hydrogen (secondary N) is 1. The largest absolute Gasteiger partial charge is 0.486 e. The van der Waals surface area contributed by atoms with Crippen molar-refractivity contribution in [2.75, 3.05) is 13.2 Å². The molecule has 0 unspecified atom stereocenters. The van der Waals surface area contributed by atoms with Crippen molar-refractivity contribution in [2.45, 2.75) is 31.4 Å². The lowest BCUT2D eigenvalue weighted by atomic mass is 10.1. The van der Waals surface area contributed by atoms with Gasteiger partial charge in [0.1, 0.15) is 11.9 Å². The van der Waals surface area contributed by atoms with Crippen LogP contribution in [-0.2, 0) is 23.0 Å². The second-order valence-corrected chi connectivity index (χ2v) is 6.55. The summed E-state index contributed by atoms with van der Waals surface area (Å²) in [6.07, 6.45) is 5.00. The van der Waals surface area contributed by atoms with Gasteiger partial charge in [-0.15, -0.1) is 0 Å². The van der Waals surface area contributed by atoms with Gasteiger partial charge in [-0.05, 0) is 42.7 Å². The van der Waals surface area contributed by atoms with Crippen molar-refractivity contribution >= 4 is 11.9 Å². The lowest BCUT2D eigenvalue weighted by Gasteiger charge is -2.32. The Morgan fingerprint density at radius 2 is 2.15 bits per heavy atom. The first-order valence-electron chi connectivity index (χ1n) is 8.86. The quantitative estimate of drug-likeness (QED) is 0.761. The van der Waals surface area contributed by atoms with Gasteiger partial charge < -0.3 is 19.9 Å². The van der Waals surface area contributed by atoms with E-state index in [1.54, 1.807) is 23.0 Å². The van der Waals surface area contributed by atoms with Crippen LogP contribution in [0, 0.1) is 0 Å². The van der Waals surface area contributed by atoms with Crippen LogP contribution in [0.5, 0.6) is 5.75 Å². The Kier molecular flexibility index (Phi) is 6.08. The molecule has 2 aromatic rings. The van der Waals surface area contributed by atoms with E-state index in [9.17, 15) is 9.59 Å². The Labute approximate surface area is 157 Å². The minimum Gasteiger partial charge on any atom is -0.486 e. The topological polar surface area (TPSA) is 103 Å². The van der Waals surface area contributed by atoms with Crippen molar-refractivity contribution < 1.29 is 24.2 Å². The third kappa shape index (κ3) is 5.30. The highest BCUT2D eigenvalue weighted by molar-refractivity contribution is 5.87. The van der Waals surface area contributed by atoms with E-state index in [0.29, 0.717) is 38.2 Å². The average Bonchev–Trinajstić information content (AvgIpc) is 3.07. The zero-order valence-electron chi connectivity index (χ0n) is 15.1. The van der Waals surface area contributed by atoms with Crippen LogP contribution in [0.2, 0.25) is 0 Å². The number of hydrogen-bond donors (Lipinski definition) is 2. The fourth-order valence-corrected chi connectivity index (χ4v) is 2.98. The molecule has 2 atom stereocenters. The SMILES string of the molecule is Cn1cc(CCC(=O)N[C@@H]2CCOC[C@H]2Oc2ccc(C(=O)O)cc2)cn1. The van der Waals surface area contributed by atoms with Crippen molar-refractivity contribution in [1.29, 1.82) is 0 Å². The molecule has 3 rings (SSSR count). The zero-order valence-corrected chi connectivity index (χ0v) is 15.1. The van der Waals surface area contributed by atoms with Crippen molar-refractivity contribution in [3.63, 3.8) is 0 Å². The number of carboxylic acid groups (broad SMARTS) is 1. The predicted octanol–water partition coefficient (Wildman–Crippen LogP) is 1.40. The van der Waals surface area contributed by atoms with Crippen LogP contribution in [0.25, 0.3) is 0 Å². The number of benzene rings is 1. The van der Waals surface area contributed by atoms with E-state index < -0.39 is 5.97 Å². The van der Waals surface area contributed by atoms with E-state index in [1.165, 1.54) is 12.1 Å². The molecular weight excluding hydrogens is 350 g/mol. The van der Waals surface area contributed by atoms with Gasteiger partial charge in [0.2, 0.25) is 5.91 Å². The van der Waals surface area contributed by atoms with Crippen LogP contribution in [0.3, 0.4) is 0 Å². The van der Waals surface area contributed by atoms with Gasteiger partial charge in [0.25, 0.3) is 0 Å². The number of hydrogen-bond acceptors (Lipinski definition) is 5. The molecule has 0 aliphatic carbocycles. The molecule has 0 bridgehead atoms. The summed E-state index contributed by atoms with van der Waals surface area (Å²) in [6.45, 7) is 0.930. The molecule has 27 heavy (non-hydrogen) atoms. The summed E-state index contributed by atoms with van der Waals surface area (Å²) >= 11 is 0. The molecular formula is C19H23N3O5. The summed E-state index contributed by atoms with van der Waals surface area (Å²) in [5.74, 6) is -0.480.